The molecule has 0 radical (unpaired) electrons. The van der Waals surface area contributed by atoms with Crippen LogP contribution in [0.5, 0.6) is 17.2 Å². The summed E-state index contributed by atoms with van der Waals surface area (Å²) in [6, 6.07) is 2.31. The molecule has 2 heterocycles. The van der Waals surface area contributed by atoms with Gasteiger partial charge in [0.2, 0.25) is 5.75 Å². The van der Waals surface area contributed by atoms with Gasteiger partial charge in [-0.2, -0.15) is 11.8 Å². The molecule has 0 aromatic heterocycles. The number of nitrogens with one attached hydrogen (secondary N) is 2. The van der Waals surface area contributed by atoms with Crippen LogP contribution in [0.4, 0.5) is 4.79 Å². The number of carbonyl (C=O) groups is 2. The zero-order chi connectivity index (χ0) is 22.4. The van der Waals surface area contributed by atoms with Crippen LogP contribution >= 0.6 is 11.8 Å². The number of carbonyl (C=O) groups excluding carboxylic acids is 2. The molecular formula is C21H29N3O6S. The molecule has 0 unspecified atom stereocenters. The van der Waals surface area contributed by atoms with Crippen LogP contribution < -0.4 is 24.8 Å². The molecule has 1 atom stereocenters. The fraction of sp³-hybridized carbons (Fsp3) is 0.524. The molecule has 1 aromatic carbocycles. The molecule has 9 nitrogen and oxygen atoms in total. The molecule has 0 saturated carbocycles. The highest BCUT2D eigenvalue weighted by Gasteiger charge is 2.37. The monoisotopic (exact) mass is 451 g/mol. The summed E-state index contributed by atoms with van der Waals surface area (Å²) < 4.78 is 21.8. The number of ether oxygens (including phenoxy) is 4. The van der Waals surface area contributed by atoms with Crippen molar-refractivity contribution in [3.05, 3.63) is 29.0 Å². The number of hydrogen-bond acceptors (Lipinski definition) is 8. The first kappa shape index (κ1) is 23.1. The summed E-state index contributed by atoms with van der Waals surface area (Å²) in [4.78, 5) is 27.8. The van der Waals surface area contributed by atoms with E-state index in [1.807, 2.05) is 11.8 Å². The van der Waals surface area contributed by atoms with Crippen molar-refractivity contribution in [2.75, 3.05) is 59.1 Å². The number of rotatable bonds is 8. The van der Waals surface area contributed by atoms with Gasteiger partial charge in [0.15, 0.2) is 11.5 Å². The molecule has 2 N–H and O–H groups in total. The van der Waals surface area contributed by atoms with E-state index in [-0.39, 0.29) is 6.61 Å². The van der Waals surface area contributed by atoms with Gasteiger partial charge in [-0.3, -0.25) is 4.90 Å². The summed E-state index contributed by atoms with van der Waals surface area (Å²) in [5.41, 5.74) is 1.46. The third-order valence-corrected chi connectivity index (χ3v) is 6.12. The molecule has 1 aromatic rings. The molecule has 170 valence electrons. The van der Waals surface area contributed by atoms with Gasteiger partial charge in [-0.25, -0.2) is 9.59 Å². The number of urea groups is 1. The van der Waals surface area contributed by atoms with Crippen molar-refractivity contribution in [3.63, 3.8) is 0 Å². The topological polar surface area (TPSA) is 98.4 Å². The number of benzene rings is 1. The average Bonchev–Trinajstić information content (AvgIpc) is 2.78. The SMILES string of the molecule is CCOC(=O)C1=C(CN2CCSCC2)NC(=O)N[C@@H]1c1ccc(OC)c(OC)c1OC. The second-order valence-corrected chi connectivity index (χ2v) is 8.18. The minimum absolute atomic E-state index is 0.222. The van der Waals surface area contributed by atoms with Crippen LogP contribution in [-0.4, -0.2) is 76.0 Å². The van der Waals surface area contributed by atoms with Gasteiger partial charge in [0.25, 0.3) is 0 Å². The first-order chi connectivity index (χ1) is 15.0. The van der Waals surface area contributed by atoms with Crippen LogP contribution in [0.15, 0.2) is 23.4 Å². The van der Waals surface area contributed by atoms with Crippen molar-refractivity contribution >= 4 is 23.8 Å². The maximum Gasteiger partial charge on any atom is 0.338 e. The van der Waals surface area contributed by atoms with Crippen LogP contribution in [0.2, 0.25) is 0 Å². The molecule has 2 amide bonds. The van der Waals surface area contributed by atoms with Crippen molar-refractivity contribution in [2.45, 2.75) is 13.0 Å². The fourth-order valence-electron chi connectivity index (χ4n) is 3.76. The van der Waals surface area contributed by atoms with Gasteiger partial charge in [0.1, 0.15) is 0 Å². The zero-order valence-corrected chi connectivity index (χ0v) is 19.1. The van der Waals surface area contributed by atoms with E-state index in [4.69, 9.17) is 18.9 Å². The largest absolute Gasteiger partial charge is 0.493 e. The lowest BCUT2D eigenvalue weighted by atomic mass is 9.93. The van der Waals surface area contributed by atoms with Crippen molar-refractivity contribution in [1.29, 1.82) is 0 Å². The van der Waals surface area contributed by atoms with Crippen molar-refractivity contribution in [2.24, 2.45) is 0 Å². The van der Waals surface area contributed by atoms with Crippen LogP contribution in [-0.2, 0) is 9.53 Å². The lowest BCUT2D eigenvalue weighted by Gasteiger charge is -2.33. The third-order valence-electron chi connectivity index (χ3n) is 5.18. The lowest BCUT2D eigenvalue weighted by molar-refractivity contribution is -0.139. The number of hydrogen-bond donors (Lipinski definition) is 2. The Morgan fingerprint density at radius 1 is 1.13 bits per heavy atom. The Kier molecular flexibility index (Phi) is 7.91. The highest BCUT2D eigenvalue weighted by molar-refractivity contribution is 7.99. The van der Waals surface area contributed by atoms with Crippen LogP contribution in [0.1, 0.15) is 18.5 Å². The van der Waals surface area contributed by atoms with E-state index in [1.165, 1.54) is 21.3 Å². The van der Waals surface area contributed by atoms with E-state index in [2.05, 4.69) is 15.5 Å². The molecule has 3 rings (SSSR count). The highest BCUT2D eigenvalue weighted by atomic mass is 32.2. The minimum atomic E-state index is -0.767. The fourth-order valence-corrected chi connectivity index (χ4v) is 4.74. The number of methoxy groups -OCH3 is 3. The van der Waals surface area contributed by atoms with E-state index < -0.39 is 18.0 Å². The Balaban J connectivity index is 2.11. The standard InChI is InChI=1S/C21H29N3O6S/c1-5-30-20(25)16-14(12-24-8-10-31-11-9-24)22-21(26)23-17(16)13-6-7-15(27-2)19(29-4)18(13)28-3/h6-7,17H,5,8-12H2,1-4H3,(H2,22,23,26)/t17-/m1/s1. The van der Waals surface area contributed by atoms with Crippen LogP contribution in [0.25, 0.3) is 0 Å². The molecule has 31 heavy (non-hydrogen) atoms. The van der Waals surface area contributed by atoms with Crippen molar-refractivity contribution in [3.8, 4) is 17.2 Å². The maximum atomic E-state index is 13.0. The Labute approximate surface area is 186 Å². The van der Waals surface area contributed by atoms with Gasteiger partial charge >= 0.3 is 12.0 Å². The third kappa shape index (κ3) is 5.01. The van der Waals surface area contributed by atoms with Gasteiger partial charge in [-0.15, -0.1) is 0 Å². The van der Waals surface area contributed by atoms with Gasteiger partial charge in [0, 0.05) is 42.4 Å². The minimum Gasteiger partial charge on any atom is -0.493 e. The highest BCUT2D eigenvalue weighted by Crippen LogP contribution is 2.44. The molecule has 0 bridgehead atoms. The Morgan fingerprint density at radius 2 is 1.84 bits per heavy atom. The van der Waals surface area contributed by atoms with Gasteiger partial charge in [0.05, 0.1) is 39.6 Å². The predicted octanol–water partition coefficient (Wildman–Crippen LogP) is 1.93. The Morgan fingerprint density at radius 3 is 2.45 bits per heavy atom. The van der Waals surface area contributed by atoms with Gasteiger partial charge < -0.3 is 29.6 Å². The van der Waals surface area contributed by atoms with E-state index in [1.54, 1.807) is 19.1 Å². The van der Waals surface area contributed by atoms with Crippen molar-refractivity contribution < 1.29 is 28.5 Å². The van der Waals surface area contributed by atoms with Crippen molar-refractivity contribution in [1.82, 2.24) is 15.5 Å². The van der Waals surface area contributed by atoms with E-state index in [0.717, 1.165) is 24.6 Å². The lowest BCUT2D eigenvalue weighted by Crippen LogP contribution is -2.49. The first-order valence-electron chi connectivity index (χ1n) is 10.1. The predicted molar refractivity (Wildman–Crippen MR) is 118 cm³/mol. The second-order valence-electron chi connectivity index (χ2n) is 6.96. The Hall–Kier alpha value is -2.59. The molecule has 1 saturated heterocycles. The molecule has 0 spiro atoms. The summed E-state index contributed by atoms with van der Waals surface area (Å²) in [6.45, 7) is 4.20. The molecule has 10 heteroatoms. The number of amides is 2. The van der Waals surface area contributed by atoms with Crippen LogP contribution in [0, 0.1) is 0 Å². The van der Waals surface area contributed by atoms with Crippen LogP contribution in [0.3, 0.4) is 0 Å². The summed E-state index contributed by atoms with van der Waals surface area (Å²) in [6.07, 6.45) is 0. The average molecular weight is 452 g/mol. The molecule has 2 aliphatic heterocycles. The Bertz CT molecular complexity index is 854. The number of esters is 1. The van der Waals surface area contributed by atoms with E-state index >= 15 is 0 Å². The van der Waals surface area contributed by atoms with Gasteiger partial charge in [-0.1, -0.05) is 0 Å². The zero-order valence-electron chi connectivity index (χ0n) is 18.3. The number of thioether (sulfide) groups is 1. The summed E-state index contributed by atoms with van der Waals surface area (Å²) in [7, 11) is 4.54. The summed E-state index contributed by atoms with van der Waals surface area (Å²) >= 11 is 1.90. The summed E-state index contributed by atoms with van der Waals surface area (Å²) in [5.74, 6) is 2.79. The summed E-state index contributed by atoms with van der Waals surface area (Å²) in [5, 5.41) is 5.67. The maximum absolute atomic E-state index is 13.0. The first-order valence-corrected chi connectivity index (χ1v) is 11.3. The number of nitrogens with zero attached hydrogens (tertiary/aromatic N) is 1. The van der Waals surface area contributed by atoms with Gasteiger partial charge in [-0.05, 0) is 19.1 Å². The normalized spacial score (nSPS) is 19.4. The van der Waals surface area contributed by atoms with E-state index in [0.29, 0.717) is 40.6 Å². The molecule has 2 aliphatic rings. The smallest absolute Gasteiger partial charge is 0.338 e. The second kappa shape index (κ2) is 10.6. The molecule has 0 aliphatic carbocycles. The quantitative estimate of drug-likeness (QED) is 0.579. The van der Waals surface area contributed by atoms with E-state index in [9.17, 15) is 9.59 Å². The molecular weight excluding hydrogens is 422 g/mol. The molecule has 1 fully saturated rings.